The van der Waals surface area contributed by atoms with Gasteiger partial charge >= 0.3 is 6.09 Å². The lowest BCUT2D eigenvalue weighted by Gasteiger charge is -2.26. The van der Waals surface area contributed by atoms with Gasteiger partial charge in [-0.05, 0) is 12.1 Å². The monoisotopic (exact) mass is 234 g/mol. The van der Waals surface area contributed by atoms with Crippen LogP contribution in [0.2, 0.25) is 0 Å². The van der Waals surface area contributed by atoms with Gasteiger partial charge in [-0.25, -0.2) is 4.79 Å². The number of anilines is 1. The molecule has 1 saturated heterocycles. The van der Waals surface area contributed by atoms with Crippen LogP contribution in [0, 0.1) is 0 Å². The summed E-state index contributed by atoms with van der Waals surface area (Å²) in [5, 5.41) is 10.5. The van der Waals surface area contributed by atoms with Crippen LogP contribution in [0.15, 0.2) is 30.3 Å². The third-order valence-electron chi connectivity index (χ3n) is 2.41. The largest absolute Gasteiger partial charge is 0.463 e. The highest BCUT2D eigenvalue weighted by Crippen LogP contribution is 2.22. The first-order chi connectivity index (χ1) is 8.11. The van der Waals surface area contributed by atoms with Gasteiger partial charge in [-0.3, -0.25) is 9.59 Å². The topological polar surface area (TPSA) is 77.9 Å². The third-order valence-corrected chi connectivity index (χ3v) is 2.41. The molecule has 6 nitrogen and oxygen atoms in total. The van der Waals surface area contributed by atoms with Crippen LogP contribution in [0.3, 0.4) is 0 Å². The van der Waals surface area contributed by atoms with E-state index in [1.54, 1.807) is 18.2 Å². The minimum absolute atomic E-state index is 0.0510. The van der Waals surface area contributed by atoms with E-state index in [0.29, 0.717) is 10.0 Å². The maximum absolute atomic E-state index is 11.5. The average molecular weight is 234 g/mol. The molecule has 6 heteroatoms. The number of carboxylic acid groups (broad SMARTS) is 1. The number of hydrazine groups is 1. The zero-order chi connectivity index (χ0) is 12.4. The summed E-state index contributed by atoms with van der Waals surface area (Å²) in [6.07, 6.45) is -1.26. The van der Waals surface area contributed by atoms with Crippen LogP contribution in [0.5, 0.6) is 0 Å². The van der Waals surface area contributed by atoms with Gasteiger partial charge in [0.25, 0.3) is 0 Å². The Kier molecular flexibility index (Phi) is 2.78. The Morgan fingerprint density at radius 2 is 1.65 bits per heavy atom. The summed E-state index contributed by atoms with van der Waals surface area (Å²) in [5.74, 6) is -0.998. The van der Waals surface area contributed by atoms with E-state index in [9.17, 15) is 14.4 Å². The van der Waals surface area contributed by atoms with Crippen molar-refractivity contribution in [3.63, 3.8) is 0 Å². The number of carbonyl (C=O) groups excluding carboxylic acids is 2. The number of hydrogen-bond donors (Lipinski definition) is 1. The minimum atomic E-state index is -1.36. The van der Waals surface area contributed by atoms with E-state index in [1.165, 1.54) is 12.1 Å². The number of amides is 3. The Balaban J connectivity index is 2.40. The van der Waals surface area contributed by atoms with E-state index >= 15 is 0 Å². The molecule has 1 aliphatic heterocycles. The van der Waals surface area contributed by atoms with Crippen LogP contribution in [-0.4, -0.2) is 28.0 Å². The van der Waals surface area contributed by atoms with Gasteiger partial charge in [0.1, 0.15) is 0 Å². The molecule has 1 aliphatic rings. The van der Waals surface area contributed by atoms with Gasteiger partial charge in [-0.2, -0.15) is 10.0 Å². The van der Waals surface area contributed by atoms with Crippen LogP contribution < -0.4 is 5.01 Å². The number of carbonyl (C=O) groups is 3. The molecule has 17 heavy (non-hydrogen) atoms. The molecule has 3 amide bonds. The van der Waals surface area contributed by atoms with Crippen molar-refractivity contribution in [2.75, 3.05) is 5.01 Å². The number of hydrogen-bond acceptors (Lipinski definition) is 3. The Morgan fingerprint density at radius 1 is 1.12 bits per heavy atom. The highest BCUT2D eigenvalue weighted by atomic mass is 16.4. The molecule has 0 unspecified atom stereocenters. The molecule has 0 saturated carbocycles. The first-order valence-corrected chi connectivity index (χ1v) is 5.05. The second-order valence-electron chi connectivity index (χ2n) is 3.53. The maximum atomic E-state index is 11.5. The predicted octanol–water partition coefficient (Wildman–Crippen LogP) is 1.24. The van der Waals surface area contributed by atoms with E-state index < -0.39 is 17.9 Å². The van der Waals surface area contributed by atoms with Crippen LogP contribution >= 0.6 is 0 Å². The number of nitrogens with zero attached hydrogens (tertiary/aromatic N) is 2. The lowest BCUT2D eigenvalue weighted by Crippen LogP contribution is -2.49. The summed E-state index contributed by atoms with van der Waals surface area (Å²) in [6, 6.07) is 8.03. The second-order valence-corrected chi connectivity index (χ2v) is 3.53. The normalized spacial score (nSPS) is 15.2. The van der Waals surface area contributed by atoms with E-state index in [0.717, 1.165) is 0 Å². The molecule has 0 aliphatic carbocycles. The van der Waals surface area contributed by atoms with Crippen LogP contribution in [-0.2, 0) is 9.59 Å². The van der Waals surface area contributed by atoms with Crippen LogP contribution in [0.25, 0.3) is 0 Å². The molecule has 1 aromatic rings. The molecular formula is C11H10N2O4. The summed E-state index contributed by atoms with van der Waals surface area (Å²) in [5.41, 5.74) is 0.267. The summed E-state index contributed by atoms with van der Waals surface area (Å²) < 4.78 is 0. The van der Waals surface area contributed by atoms with Gasteiger partial charge in [0, 0.05) is 12.8 Å². The first-order valence-electron chi connectivity index (χ1n) is 5.05. The van der Waals surface area contributed by atoms with E-state index in [4.69, 9.17) is 5.11 Å². The standard InChI is InChI=1S/C11H10N2O4/c14-9-6-7-10(15)13(9)12(11(16)17)8-4-2-1-3-5-8/h1-5H,6-7H2,(H,16,17). The van der Waals surface area contributed by atoms with Crippen molar-refractivity contribution >= 4 is 23.6 Å². The molecule has 0 bridgehead atoms. The van der Waals surface area contributed by atoms with Crippen molar-refractivity contribution in [1.82, 2.24) is 5.01 Å². The van der Waals surface area contributed by atoms with E-state index in [-0.39, 0.29) is 18.5 Å². The molecule has 1 N–H and O–H groups in total. The Hall–Kier alpha value is -2.37. The fraction of sp³-hybridized carbons (Fsp3) is 0.182. The Morgan fingerprint density at radius 3 is 2.12 bits per heavy atom. The van der Waals surface area contributed by atoms with Crippen molar-refractivity contribution in [3.8, 4) is 0 Å². The van der Waals surface area contributed by atoms with Crippen molar-refractivity contribution in [2.24, 2.45) is 0 Å². The Bertz CT molecular complexity index is 456. The molecule has 0 spiro atoms. The van der Waals surface area contributed by atoms with Gasteiger partial charge in [-0.15, -0.1) is 0 Å². The maximum Gasteiger partial charge on any atom is 0.431 e. The van der Waals surface area contributed by atoms with Gasteiger partial charge in [0.05, 0.1) is 5.69 Å². The number of benzene rings is 1. The number of imide groups is 1. The summed E-state index contributed by atoms with van der Waals surface area (Å²) >= 11 is 0. The van der Waals surface area contributed by atoms with Crippen molar-refractivity contribution in [1.29, 1.82) is 0 Å². The highest BCUT2D eigenvalue weighted by Gasteiger charge is 2.37. The molecule has 1 aromatic carbocycles. The SMILES string of the molecule is O=C1CCC(=O)N1N(C(=O)O)c1ccccc1. The highest BCUT2D eigenvalue weighted by molar-refractivity contribution is 6.07. The second kappa shape index (κ2) is 4.25. The van der Waals surface area contributed by atoms with Gasteiger partial charge in [0.2, 0.25) is 11.8 Å². The van der Waals surface area contributed by atoms with Crippen molar-refractivity contribution in [3.05, 3.63) is 30.3 Å². The van der Waals surface area contributed by atoms with Gasteiger partial charge in [0.15, 0.2) is 0 Å². The molecule has 0 radical (unpaired) electrons. The zero-order valence-electron chi connectivity index (χ0n) is 8.87. The van der Waals surface area contributed by atoms with Crippen molar-refractivity contribution < 1.29 is 19.5 Å². The lowest BCUT2D eigenvalue weighted by atomic mass is 10.3. The zero-order valence-corrected chi connectivity index (χ0v) is 8.87. The molecule has 1 fully saturated rings. The van der Waals surface area contributed by atoms with Crippen LogP contribution in [0.4, 0.5) is 10.5 Å². The molecule has 0 aromatic heterocycles. The molecular weight excluding hydrogens is 224 g/mol. The first kappa shape index (κ1) is 11.1. The molecule has 88 valence electrons. The summed E-state index contributed by atoms with van der Waals surface area (Å²) in [6.45, 7) is 0. The van der Waals surface area contributed by atoms with Gasteiger partial charge < -0.3 is 5.11 Å². The lowest BCUT2D eigenvalue weighted by molar-refractivity contribution is -0.138. The fourth-order valence-corrected chi connectivity index (χ4v) is 1.67. The molecule has 2 rings (SSSR count). The average Bonchev–Trinajstić information content (AvgIpc) is 2.62. The summed E-state index contributed by atoms with van der Waals surface area (Å²) in [7, 11) is 0. The van der Waals surface area contributed by atoms with E-state index in [2.05, 4.69) is 0 Å². The third kappa shape index (κ3) is 1.96. The van der Waals surface area contributed by atoms with Gasteiger partial charge in [-0.1, -0.05) is 18.2 Å². The van der Waals surface area contributed by atoms with E-state index in [1.807, 2.05) is 0 Å². The molecule has 0 atom stereocenters. The smallest absolute Gasteiger partial charge is 0.431 e. The molecule has 1 heterocycles. The summed E-state index contributed by atoms with van der Waals surface area (Å²) in [4.78, 5) is 34.2. The Labute approximate surface area is 97.0 Å². The van der Waals surface area contributed by atoms with Crippen LogP contribution in [0.1, 0.15) is 12.8 Å². The van der Waals surface area contributed by atoms with Crippen molar-refractivity contribution in [2.45, 2.75) is 12.8 Å². The predicted molar refractivity (Wildman–Crippen MR) is 58.0 cm³/mol. The number of para-hydroxylation sites is 1. The fourth-order valence-electron chi connectivity index (χ4n) is 1.67. The number of rotatable bonds is 2. The quantitative estimate of drug-likeness (QED) is 0.781. The minimum Gasteiger partial charge on any atom is -0.463 e.